The van der Waals surface area contributed by atoms with Crippen molar-refractivity contribution in [2.75, 3.05) is 24.8 Å². The number of hydrogen-bond acceptors (Lipinski definition) is 8. The van der Waals surface area contributed by atoms with Gasteiger partial charge in [0.15, 0.2) is 5.82 Å². The Bertz CT molecular complexity index is 570. The molecule has 108 valence electrons. The summed E-state index contributed by atoms with van der Waals surface area (Å²) in [7, 11) is 3.39. The molecule has 0 saturated heterocycles. The number of halogens is 1. The molecule has 1 unspecified atom stereocenters. The molecule has 2 N–H and O–H groups in total. The van der Waals surface area contributed by atoms with Crippen LogP contribution in [0.3, 0.4) is 0 Å². The Morgan fingerprint density at radius 1 is 1.45 bits per heavy atom. The van der Waals surface area contributed by atoms with Gasteiger partial charge in [0.1, 0.15) is 17.1 Å². The second kappa shape index (κ2) is 6.02. The maximum absolute atomic E-state index is 5.84. The third-order valence-corrected chi connectivity index (χ3v) is 2.86. The minimum absolute atomic E-state index is 0.110. The minimum atomic E-state index is -0.220. The van der Waals surface area contributed by atoms with Crippen molar-refractivity contribution < 1.29 is 9.26 Å². The van der Waals surface area contributed by atoms with Crippen molar-refractivity contribution in [2.45, 2.75) is 19.6 Å². The highest BCUT2D eigenvalue weighted by atomic mass is 35.5. The van der Waals surface area contributed by atoms with Crippen molar-refractivity contribution in [3.8, 4) is 0 Å². The molecular weight excluding hydrogens is 284 g/mol. The van der Waals surface area contributed by atoms with E-state index in [1.807, 2.05) is 14.0 Å². The summed E-state index contributed by atoms with van der Waals surface area (Å²) >= 11 is 5.84. The molecule has 0 bridgehead atoms. The highest BCUT2D eigenvalue weighted by molar-refractivity contribution is 6.29. The molecule has 2 rings (SSSR count). The Hall–Kier alpha value is -1.93. The number of aromatic nitrogens is 4. The lowest BCUT2D eigenvalue weighted by atomic mass is 10.4. The van der Waals surface area contributed by atoms with Crippen LogP contribution in [-0.2, 0) is 11.3 Å². The molecule has 1 atom stereocenters. The summed E-state index contributed by atoms with van der Waals surface area (Å²) in [4.78, 5) is 13.9. The Balaban J connectivity index is 2.11. The van der Waals surface area contributed by atoms with E-state index in [-0.39, 0.29) is 17.2 Å². The van der Waals surface area contributed by atoms with Crippen molar-refractivity contribution in [2.24, 2.45) is 0 Å². The zero-order chi connectivity index (χ0) is 14.7. The number of rotatable bonds is 5. The fourth-order valence-corrected chi connectivity index (χ4v) is 1.69. The fourth-order valence-electron chi connectivity index (χ4n) is 1.51. The summed E-state index contributed by atoms with van der Waals surface area (Å²) in [6, 6.07) is 1.60. The van der Waals surface area contributed by atoms with E-state index in [0.717, 1.165) is 0 Å². The van der Waals surface area contributed by atoms with Crippen molar-refractivity contribution >= 4 is 23.4 Å². The third-order valence-electron chi connectivity index (χ3n) is 2.66. The van der Waals surface area contributed by atoms with Crippen molar-refractivity contribution in [1.29, 1.82) is 0 Å². The largest absolute Gasteiger partial charge is 0.374 e. The van der Waals surface area contributed by atoms with E-state index in [9.17, 15) is 0 Å². The van der Waals surface area contributed by atoms with Crippen LogP contribution in [-0.4, -0.2) is 34.3 Å². The van der Waals surface area contributed by atoms with Gasteiger partial charge >= 0.3 is 0 Å². The Morgan fingerprint density at radius 2 is 2.20 bits per heavy atom. The number of ether oxygens (including phenoxy) is 1. The van der Waals surface area contributed by atoms with Crippen LogP contribution in [0.5, 0.6) is 0 Å². The third kappa shape index (κ3) is 3.34. The van der Waals surface area contributed by atoms with Crippen LogP contribution in [0.15, 0.2) is 10.6 Å². The van der Waals surface area contributed by atoms with Gasteiger partial charge in [0.2, 0.25) is 11.8 Å². The molecule has 0 saturated carbocycles. The van der Waals surface area contributed by atoms with Crippen LogP contribution >= 0.6 is 11.6 Å². The molecule has 0 amide bonds. The van der Waals surface area contributed by atoms with Gasteiger partial charge < -0.3 is 19.9 Å². The van der Waals surface area contributed by atoms with Crippen molar-refractivity contribution in [1.82, 2.24) is 20.1 Å². The number of nitrogens with two attached hydrogens (primary N) is 1. The standard InChI is InChI=1S/C11H15ClN6O2/c1-6(19-3)10-16-9(20-17-10)5-18(2)8-4-7(12)14-11(13)15-8/h4,6H,5H2,1-3H3,(H2,13,14,15). The van der Waals surface area contributed by atoms with Gasteiger partial charge in [-0.15, -0.1) is 0 Å². The highest BCUT2D eigenvalue weighted by Gasteiger charge is 2.15. The maximum atomic E-state index is 5.84. The minimum Gasteiger partial charge on any atom is -0.374 e. The predicted molar refractivity (Wildman–Crippen MR) is 73.3 cm³/mol. The van der Waals surface area contributed by atoms with E-state index in [4.69, 9.17) is 26.6 Å². The van der Waals surface area contributed by atoms with Gasteiger partial charge in [0, 0.05) is 20.2 Å². The predicted octanol–water partition coefficient (Wildman–Crippen LogP) is 1.44. The molecule has 0 aliphatic carbocycles. The number of nitrogens with zero attached hydrogens (tertiary/aromatic N) is 5. The number of hydrogen-bond donors (Lipinski definition) is 1. The first-order chi connectivity index (χ1) is 9.49. The fraction of sp³-hybridized carbons (Fsp3) is 0.455. The van der Waals surface area contributed by atoms with Crippen LogP contribution in [0.2, 0.25) is 5.15 Å². The molecule has 8 nitrogen and oxygen atoms in total. The van der Waals surface area contributed by atoms with Crippen LogP contribution in [0.25, 0.3) is 0 Å². The zero-order valence-electron chi connectivity index (χ0n) is 11.4. The monoisotopic (exact) mass is 298 g/mol. The smallest absolute Gasteiger partial charge is 0.246 e. The van der Waals surface area contributed by atoms with E-state index in [0.29, 0.717) is 24.1 Å². The van der Waals surface area contributed by atoms with Crippen LogP contribution in [0.1, 0.15) is 24.7 Å². The lowest BCUT2D eigenvalue weighted by Gasteiger charge is -2.15. The molecule has 0 spiro atoms. The normalized spacial score (nSPS) is 12.4. The second-order valence-corrected chi connectivity index (χ2v) is 4.57. The average Bonchev–Trinajstić information content (AvgIpc) is 2.85. The van der Waals surface area contributed by atoms with E-state index in [2.05, 4.69) is 20.1 Å². The maximum Gasteiger partial charge on any atom is 0.246 e. The van der Waals surface area contributed by atoms with E-state index in [1.165, 1.54) is 0 Å². The molecule has 0 aliphatic heterocycles. The van der Waals surface area contributed by atoms with E-state index < -0.39 is 0 Å². The molecule has 2 heterocycles. The molecule has 0 aromatic carbocycles. The SMILES string of the molecule is COC(C)c1noc(CN(C)c2cc(Cl)nc(N)n2)n1. The molecular formula is C11H15ClN6O2. The van der Waals surface area contributed by atoms with Crippen molar-refractivity contribution in [3.05, 3.63) is 22.9 Å². The molecule has 0 aliphatic rings. The first-order valence-electron chi connectivity index (χ1n) is 5.86. The summed E-state index contributed by atoms with van der Waals surface area (Å²) in [6.45, 7) is 2.21. The van der Waals surface area contributed by atoms with Crippen LogP contribution in [0.4, 0.5) is 11.8 Å². The van der Waals surface area contributed by atoms with Crippen molar-refractivity contribution in [3.63, 3.8) is 0 Å². The van der Waals surface area contributed by atoms with E-state index >= 15 is 0 Å². The summed E-state index contributed by atoms with van der Waals surface area (Å²) in [5.74, 6) is 1.62. The topological polar surface area (TPSA) is 103 Å². The first-order valence-corrected chi connectivity index (χ1v) is 6.24. The summed E-state index contributed by atoms with van der Waals surface area (Å²) < 4.78 is 10.3. The number of anilines is 2. The lowest BCUT2D eigenvalue weighted by Crippen LogP contribution is -2.18. The molecule has 20 heavy (non-hydrogen) atoms. The average molecular weight is 299 g/mol. The molecule has 0 radical (unpaired) electrons. The molecule has 2 aromatic rings. The van der Waals surface area contributed by atoms with Crippen LogP contribution in [0, 0.1) is 0 Å². The van der Waals surface area contributed by atoms with Gasteiger partial charge in [-0.05, 0) is 6.92 Å². The Labute approximate surface area is 120 Å². The quantitative estimate of drug-likeness (QED) is 0.827. The molecule has 2 aromatic heterocycles. The van der Waals surface area contributed by atoms with Gasteiger partial charge in [-0.3, -0.25) is 0 Å². The van der Waals surface area contributed by atoms with Gasteiger partial charge in [-0.2, -0.15) is 9.97 Å². The summed E-state index contributed by atoms with van der Waals surface area (Å²) in [5, 5.41) is 4.12. The van der Waals surface area contributed by atoms with Gasteiger partial charge in [-0.25, -0.2) is 4.98 Å². The number of methoxy groups -OCH3 is 1. The lowest BCUT2D eigenvalue weighted by molar-refractivity contribution is 0.109. The second-order valence-electron chi connectivity index (χ2n) is 4.19. The summed E-state index contributed by atoms with van der Waals surface area (Å²) in [5.41, 5.74) is 5.55. The summed E-state index contributed by atoms with van der Waals surface area (Å²) in [6.07, 6.45) is -0.220. The van der Waals surface area contributed by atoms with Gasteiger partial charge in [0.05, 0.1) is 6.54 Å². The first kappa shape index (κ1) is 14.5. The zero-order valence-corrected chi connectivity index (χ0v) is 12.1. The van der Waals surface area contributed by atoms with E-state index in [1.54, 1.807) is 18.1 Å². The Kier molecular flexibility index (Phi) is 4.35. The molecule has 0 fully saturated rings. The van der Waals surface area contributed by atoms with Crippen LogP contribution < -0.4 is 10.6 Å². The Morgan fingerprint density at radius 3 is 2.85 bits per heavy atom. The number of nitrogen functional groups attached to an aromatic ring is 1. The molecule has 9 heteroatoms. The van der Waals surface area contributed by atoms with Gasteiger partial charge in [0.25, 0.3) is 0 Å². The van der Waals surface area contributed by atoms with Gasteiger partial charge in [-0.1, -0.05) is 16.8 Å². The highest BCUT2D eigenvalue weighted by Crippen LogP contribution is 2.18.